The van der Waals surface area contributed by atoms with Crippen LogP contribution in [0.4, 0.5) is 0 Å². The number of unbranched alkanes of at least 4 members (excludes halogenated alkanes) is 1. The molecule has 0 fully saturated rings. The molecule has 1 atom stereocenters. The summed E-state index contributed by atoms with van der Waals surface area (Å²) in [5.74, 6) is 0. The van der Waals surface area contributed by atoms with E-state index in [1.165, 1.54) is 40.3 Å². The number of thiophene rings is 1. The summed E-state index contributed by atoms with van der Waals surface area (Å²) in [5.41, 5.74) is 2.64. The van der Waals surface area contributed by atoms with Gasteiger partial charge in [0.1, 0.15) is 0 Å². The van der Waals surface area contributed by atoms with E-state index in [0.29, 0.717) is 6.04 Å². The third-order valence-electron chi connectivity index (χ3n) is 2.98. The molecule has 1 aromatic rings. The predicted molar refractivity (Wildman–Crippen MR) is 88.6 cm³/mol. The first-order valence-corrected chi connectivity index (χ1v) is 8.26. The van der Waals surface area contributed by atoms with Crippen LogP contribution in [0.15, 0.2) is 30.0 Å². The maximum absolute atomic E-state index is 3.41. The molecular weight excluding hydrogens is 250 g/mol. The Hall–Kier alpha value is -1.02. The zero-order valence-electron chi connectivity index (χ0n) is 12.9. The largest absolute Gasteiger partial charge is 0.383 e. The summed E-state index contributed by atoms with van der Waals surface area (Å²) in [6, 6.07) is 4.99. The van der Waals surface area contributed by atoms with Crippen LogP contribution >= 0.6 is 11.3 Å². The van der Waals surface area contributed by atoms with E-state index in [1.807, 2.05) is 25.2 Å². The van der Waals surface area contributed by atoms with Gasteiger partial charge >= 0.3 is 0 Å². The van der Waals surface area contributed by atoms with Crippen molar-refractivity contribution < 1.29 is 0 Å². The summed E-state index contributed by atoms with van der Waals surface area (Å²) in [6.45, 7) is 10.6. The zero-order valence-corrected chi connectivity index (χ0v) is 13.7. The third-order valence-corrected chi connectivity index (χ3v) is 4.17. The average Bonchev–Trinajstić information content (AvgIpc) is 2.86. The van der Waals surface area contributed by atoms with Crippen LogP contribution in [-0.4, -0.2) is 6.04 Å². The molecule has 1 aliphatic rings. The number of allylic oxidation sites excluding steroid dienone is 3. The van der Waals surface area contributed by atoms with Gasteiger partial charge in [0.2, 0.25) is 0 Å². The van der Waals surface area contributed by atoms with Gasteiger partial charge in [-0.25, -0.2) is 0 Å². The minimum Gasteiger partial charge on any atom is -0.383 e. The molecule has 0 aliphatic carbocycles. The highest BCUT2D eigenvalue weighted by Crippen LogP contribution is 2.28. The van der Waals surface area contributed by atoms with Gasteiger partial charge in [0.05, 0.1) is 0 Å². The molecule has 2 heteroatoms. The Bertz CT molecular complexity index is 440. The van der Waals surface area contributed by atoms with Crippen LogP contribution < -0.4 is 5.32 Å². The highest BCUT2D eigenvalue weighted by molar-refractivity contribution is 7.13. The molecule has 1 aliphatic heterocycles. The summed E-state index contributed by atoms with van der Waals surface area (Å²) in [4.78, 5) is 2.92. The van der Waals surface area contributed by atoms with Crippen molar-refractivity contribution in [2.75, 3.05) is 0 Å². The number of hydrogen-bond acceptors (Lipinski definition) is 2. The molecule has 0 aromatic carbocycles. The Morgan fingerprint density at radius 1 is 1.26 bits per heavy atom. The van der Waals surface area contributed by atoms with Crippen LogP contribution in [0.2, 0.25) is 0 Å². The minimum absolute atomic E-state index is 0.441. The van der Waals surface area contributed by atoms with Crippen LogP contribution in [0.5, 0.6) is 0 Å². The Labute approximate surface area is 122 Å². The van der Waals surface area contributed by atoms with Gasteiger partial charge in [0.15, 0.2) is 0 Å². The van der Waals surface area contributed by atoms with E-state index in [9.17, 15) is 0 Å². The Morgan fingerprint density at radius 3 is 2.63 bits per heavy atom. The fraction of sp³-hybridized carbons (Fsp3) is 0.529. The lowest BCUT2D eigenvalue weighted by atomic mass is 10.1. The first-order valence-electron chi connectivity index (χ1n) is 7.44. The van der Waals surface area contributed by atoms with Gasteiger partial charge < -0.3 is 5.32 Å². The van der Waals surface area contributed by atoms with Crippen LogP contribution in [0.3, 0.4) is 0 Å². The Morgan fingerprint density at radius 2 is 2.00 bits per heavy atom. The van der Waals surface area contributed by atoms with E-state index in [2.05, 4.69) is 50.4 Å². The molecule has 0 spiro atoms. The molecule has 19 heavy (non-hydrogen) atoms. The third kappa shape index (κ3) is 4.87. The molecule has 106 valence electrons. The maximum atomic E-state index is 3.41. The number of hydrogen-bond donors (Lipinski definition) is 1. The fourth-order valence-corrected chi connectivity index (χ4v) is 3.21. The van der Waals surface area contributed by atoms with Crippen molar-refractivity contribution >= 4 is 16.9 Å². The van der Waals surface area contributed by atoms with Gasteiger partial charge in [-0.1, -0.05) is 33.3 Å². The summed E-state index contributed by atoms with van der Waals surface area (Å²) in [7, 11) is 0. The Kier molecular flexibility index (Phi) is 6.93. The molecule has 1 nitrogen and oxygen atoms in total. The van der Waals surface area contributed by atoms with Crippen molar-refractivity contribution in [1.29, 1.82) is 0 Å². The highest BCUT2D eigenvalue weighted by Gasteiger charge is 2.10. The fourth-order valence-electron chi connectivity index (χ4n) is 2.16. The van der Waals surface area contributed by atoms with Crippen molar-refractivity contribution in [1.82, 2.24) is 5.32 Å². The summed E-state index contributed by atoms with van der Waals surface area (Å²) in [6.07, 6.45) is 8.35. The van der Waals surface area contributed by atoms with Gasteiger partial charge in [0.25, 0.3) is 0 Å². The molecule has 2 rings (SSSR count). The second kappa shape index (κ2) is 8.21. The quantitative estimate of drug-likeness (QED) is 0.777. The molecule has 0 amide bonds. The predicted octanol–water partition coefficient (Wildman–Crippen LogP) is 5.40. The smallest absolute Gasteiger partial charge is 0.0422 e. The lowest BCUT2D eigenvalue weighted by Crippen LogP contribution is -2.24. The number of aryl methyl sites for hydroxylation is 1. The van der Waals surface area contributed by atoms with E-state index < -0.39 is 0 Å². The summed E-state index contributed by atoms with van der Waals surface area (Å²) in [5, 5.41) is 3.41. The van der Waals surface area contributed by atoms with Gasteiger partial charge in [-0.3, -0.25) is 0 Å². The molecule has 0 radical (unpaired) electrons. The second-order valence-electron chi connectivity index (χ2n) is 4.75. The number of dihydropyridines is 1. The monoisotopic (exact) mass is 277 g/mol. The van der Waals surface area contributed by atoms with Crippen molar-refractivity contribution in [2.45, 2.75) is 59.9 Å². The van der Waals surface area contributed by atoms with Gasteiger partial charge in [-0.05, 0) is 50.5 Å². The van der Waals surface area contributed by atoms with Crippen LogP contribution in [-0.2, 0) is 6.42 Å². The van der Waals surface area contributed by atoms with Crippen molar-refractivity contribution in [2.24, 2.45) is 0 Å². The van der Waals surface area contributed by atoms with E-state index in [4.69, 9.17) is 0 Å². The maximum Gasteiger partial charge on any atom is 0.0422 e. The first-order chi connectivity index (χ1) is 9.19. The molecule has 1 unspecified atom stereocenters. The second-order valence-corrected chi connectivity index (χ2v) is 5.92. The van der Waals surface area contributed by atoms with E-state index in [-0.39, 0.29) is 0 Å². The van der Waals surface area contributed by atoms with Gasteiger partial charge in [0, 0.05) is 21.5 Å². The number of rotatable bonds is 4. The topological polar surface area (TPSA) is 12.0 Å². The molecule has 1 N–H and O–H groups in total. The normalized spacial score (nSPS) is 17.8. The lowest BCUT2D eigenvalue weighted by Gasteiger charge is -2.18. The van der Waals surface area contributed by atoms with E-state index in [1.54, 1.807) is 0 Å². The molecule has 0 saturated heterocycles. The van der Waals surface area contributed by atoms with E-state index in [0.717, 1.165) is 0 Å². The van der Waals surface area contributed by atoms with Crippen LogP contribution in [0.25, 0.3) is 5.57 Å². The molecule has 1 aromatic heterocycles. The standard InChI is InChI=1S/C15H21NS.C2H6/c1-4-5-6-14-7-8-15(17-14)13-9-11(2)16-12(3)10-13;1-2/h7-11,16H,4-6H2,1-3H3;1-2H3. The Balaban J connectivity index is 0.000000861. The molecule has 0 bridgehead atoms. The summed E-state index contributed by atoms with van der Waals surface area (Å²) >= 11 is 1.94. The minimum atomic E-state index is 0.441. The number of nitrogens with one attached hydrogen (secondary N) is 1. The molecule has 2 heterocycles. The highest BCUT2D eigenvalue weighted by atomic mass is 32.1. The summed E-state index contributed by atoms with van der Waals surface area (Å²) < 4.78 is 0. The van der Waals surface area contributed by atoms with Crippen molar-refractivity contribution in [3.05, 3.63) is 39.7 Å². The van der Waals surface area contributed by atoms with Gasteiger partial charge in [-0.2, -0.15) is 0 Å². The molecule has 0 saturated carbocycles. The SMILES string of the molecule is CC.CCCCc1ccc(C2=CC(C)NC(C)=C2)s1. The average molecular weight is 277 g/mol. The lowest BCUT2D eigenvalue weighted by molar-refractivity contribution is 0.721. The zero-order chi connectivity index (χ0) is 14.3. The first kappa shape index (κ1) is 16.0. The van der Waals surface area contributed by atoms with Crippen LogP contribution in [0.1, 0.15) is 57.2 Å². The van der Waals surface area contributed by atoms with Crippen molar-refractivity contribution in [3.63, 3.8) is 0 Å². The van der Waals surface area contributed by atoms with Gasteiger partial charge in [-0.15, -0.1) is 11.3 Å². The van der Waals surface area contributed by atoms with Crippen molar-refractivity contribution in [3.8, 4) is 0 Å². The van der Waals surface area contributed by atoms with E-state index >= 15 is 0 Å². The molecular formula is C17H27NS. The van der Waals surface area contributed by atoms with Crippen LogP contribution in [0, 0.1) is 0 Å².